The van der Waals surface area contributed by atoms with Crippen molar-refractivity contribution in [1.29, 1.82) is 0 Å². The van der Waals surface area contributed by atoms with Crippen molar-refractivity contribution < 1.29 is 4.79 Å². The smallest absolute Gasteiger partial charge is 0.220 e. The highest BCUT2D eigenvalue weighted by molar-refractivity contribution is 5.76. The molecule has 0 radical (unpaired) electrons. The van der Waals surface area contributed by atoms with Gasteiger partial charge in [0.05, 0.1) is 5.69 Å². The minimum Gasteiger partial charge on any atom is -0.352 e. The summed E-state index contributed by atoms with van der Waals surface area (Å²) in [5, 5.41) is 10.0. The zero-order valence-corrected chi connectivity index (χ0v) is 12.3. The van der Waals surface area contributed by atoms with Gasteiger partial charge in [-0.25, -0.2) is 0 Å². The molecule has 4 nitrogen and oxygen atoms in total. The van der Waals surface area contributed by atoms with E-state index in [0.717, 1.165) is 28.9 Å². The number of benzene rings is 1. The minimum absolute atomic E-state index is 0.0746. The number of hydrogen-bond donors (Lipinski definition) is 2. The maximum absolute atomic E-state index is 11.9. The van der Waals surface area contributed by atoms with Crippen molar-refractivity contribution in [2.24, 2.45) is 0 Å². The van der Waals surface area contributed by atoms with Crippen molar-refractivity contribution in [3.05, 3.63) is 52.3 Å². The summed E-state index contributed by atoms with van der Waals surface area (Å²) in [6.45, 7) is 6.59. The van der Waals surface area contributed by atoms with Gasteiger partial charge in [-0.15, -0.1) is 0 Å². The molecule has 1 heterocycles. The van der Waals surface area contributed by atoms with Crippen LogP contribution < -0.4 is 5.32 Å². The maximum atomic E-state index is 11.9. The first-order chi connectivity index (χ1) is 9.56. The molecule has 20 heavy (non-hydrogen) atoms. The van der Waals surface area contributed by atoms with Gasteiger partial charge in [-0.1, -0.05) is 29.8 Å². The van der Waals surface area contributed by atoms with E-state index in [0.29, 0.717) is 13.0 Å². The van der Waals surface area contributed by atoms with Crippen LogP contribution in [0.2, 0.25) is 0 Å². The third-order valence-electron chi connectivity index (χ3n) is 3.49. The number of hydrogen-bond acceptors (Lipinski definition) is 2. The number of nitrogens with one attached hydrogen (secondary N) is 2. The number of H-pyrrole nitrogens is 1. The average molecular weight is 271 g/mol. The third kappa shape index (κ3) is 3.70. The number of carbonyl (C=O) groups is 1. The largest absolute Gasteiger partial charge is 0.352 e. The van der Waals surface area contributed by atoms with E-state index in [1.807, 2.05) is 26.0 Å². The van der Waals surface area contributed by atoms with E-state index in [2.05, 4.69) is 34.6 Å². The lowest BCUT2D eigenvalue weighted by molar-refractivity contribution is -0.121. The third-order valence-corrected chi connectivity index (χ3v) is 3.49. The molecule has 0 aliphatic heterocycles. The zero-order valence-electron chi connectivity index (χ0n) is 12.3. The Balaban J connectivity index is 1.80. The Kier molecular flexibility index (Phi) is 4.56. The second kappa shape index (κ2) is 6.37. The van der Waals surface area contributed by atoms with Crippen LogP contribution in [-0.4, -0.2) is 16.1 Å². The summed E-state index contributed by atoms with van der Waals surface area (Å²) in [4.78, 5) is 11.9. The van der Waals surface area contributed by atoms with Gasteiger partial charge in [0.15, 0.2) is 0 Å². The van der Waals surface area contributed by atoms with Gasteiger partial charge in [0.2, 0.25) is 5.91 Å². The van der Waals surface area contributed by atoms with Gasteiger partial charge in [-0.3, -0.25) is 9.89 Å². The van der Waals surface area contributed by atoms with Crippen molar-refractivity contribution >= 4 is 5.91 Å². The van der Waals surface area contributed by atoms with Crippen LogP contribution in [-0.2, 0) is 17.8 Å². The van der Waals surface area contributed by atoms with E-state index < -0.39 is 0 Å². The Morgan fingerprint density at radius 2 is 1.90 bits per heavy atom. The summed E-state index contributed by atoms with van der Waals surface area (Å²) < 4.78 is 0. The molecule has 4 heteroatoms. The first-order valence-electron chi connectivity index (χ1n) is 6.89. The Labute approximate surface area is 119 Å². The Morgan fingerprint density at radius 1 is 1.20 bits per heavy atom. The first-order valence-corrected chi connectivity index (χ1v) is 6.89. The molecule has 2 rings (SSSR count). The molecule has 1 aromatic carbocycles. The molecule has 0 unspecified atom stereocenters. The molecule has 0 bridgehead atoms. The second-order valence-electron chi connectivity index (χ2n) is 5.17. The SMILES string of the molecule is Cc1ccc(CNC(=O)CCc2c(C)n[nH]c2C)cc1. The van der Waals surface area contributed by atoms with Crippen molar-refractivity contribution in [1.82, 2.24) is 15.5 Å². The van der Waals surface area contributed by atoms with Crippen LogP contribution in [0.15, 0.2) is 24.3 Å². The fourth-order valence-corrected chi connectivity index (χ4v) is 2.18. The molecule has 0 fully saturated rings. The van der Waals surface area contributed by atoms with Crippen LogP contribution in [0, 0.1) is 20.8 Å². The van der Waals surface area contributed by atoms with E-state index in [9.17, 15) is 4.79 Å². The quantitative estimate of drug-likeness (QED) is 0.878. The maximum Gasteiger partial charge on any atom is 0.220 e. The van der Waals surface area contributed by atoms with Gasteiger partial charge in [-0.2, -0.15) is 5.10 Å². The van der Waals surface area contributed by atoms with Crippen LogP contribution in [0.3, 0.4) is 0 Å². The van der Waals surface area contributed by atoms with Gasteiger partial charge in [0.1, 0.15) is 0 Å². The Hall–Kier alpha value is -2.10. The molecule has 106 valence electrons. The highest BCUT2D eigenvalue weighted by atomic mass is 16.1. The Bertz CT molecular complexity index is 565. The van der Waals surface area contributed by atoms with Gasteiger partial charge < -0.3 is 5.32 Å². The molecule has 1 amide bonds. The highest BCUT2D eigenvalue weighted by Gasteiger charge is 2.08. The lowest BCUT2D eigenvalue weighted by Crippen LogP contribution is -2.23. The van der Waals surface area contributed by atoms with Gasteiger partial charge in [-0.05, 0) is 38.3 Å². The molecule has 2 aromatic rings. The number of rotatable bonds is 5. The number of nitrogens with zero attached hydrogens (tertiary/aromatic N) is 1. The van der Waals surface area contributed by atoms with Crippen LogP contribution in [0.4, 0.5) is 0 Å². The number of aryl methyl sites for hydroxylation is 3. The summed E-state index contributed by atoms with van der Waals surface area (Å²) in [5.74, 6) is 0.0746. The lowest BCUT2D eigenvalue weighted by atomic mass is 10.1. The topological polar surface area (TPSA) is 57.8 Å². The monoisotopic (exact) mass is 271 g/mol. The highest BCUT2D eigenvalue weighted by Crippen LogP contribution is 2.11. The standard InChI is InChI=1S/C16H21N3O/c1-11-4-6-14(7-5-11)10-17-16(20)9-8-15-12(2)18-19-13(15)3/h4-7H,8-10H2,1-3H3,(H,17,20)(H,18,19). The van der Waals surface area contributed by atoms with Crippen molar-refractivity contribution in [3.63, 3.8) is 0 Å². The molecular weight excluding hydrogens is 250 g/mol. The number of amides is 1. The van der Waals surface area contributed by atoms with E-state index in [1.54, 1.807) is 0 Å². The molecule has 0 aliphatic rings. The fraction of sp³-hybridized carbons (Fsp3) is 0.375. The molecule has 1 aromatic heterocycles. The summed E-state index contributed by atoms with van der Waals surface area (Å²) in [6, 6.07) is 8.19. The van der Waals surface area contributed by atoms with Gasteiger partial charge in [0, 0.05) is 18.7 Å². The lowest BCUT2D eigenvalue weighted by Gasteiger charge is -2.06. The van der Waals surface area contributed by atoms with Gasteiger partial charge in [0.25, 0.3) is 0 Å². The molecule has 2 N–H and O–H groups in total. The zero-order chi connectivity index (χ0) is 14.5. The number of carbonyl (C=O) groups excluding carboxylic acids is 1. The summed E-state index contributed by atoms with van der Waals surface area (Å²) in [6.07, 6.45) is 1.22. The van der Waals surface area contributed by atoms with Crippen LogP contribution in [0.25, 0.3) is 0 Å². The minimum atomic E-state index is 0.0746. The summed E-state index contributed by atoms with van der Waals surface area (Å²) >= 11 is 0. The van der Waals surface area contributed by atoms with Crippen molar-refractivity contribution in [2.75, 3.05) is 0 Å². The van der Waals surface area contributed by atoms with E-state index in [1.165, 1.54) is 5.56 Å². The average Bonchev–Trinajstić information content (AvgIpc) is 2.75. The predicted octanol–water partition coefficient (Wildman–Crippen LogP) is 2.58. The molecule has 0 saturated heterocycles. The summed E-state index contributed by atoms with van der Waals surface area (Å²) in [7, 11) is 0. The predicted molar refractivity (Wildman–Crippen MR) is 79.4 cm³/mol. The second-order valence-corrected chi connectivity index (χ2v) is 5.17. The van der Waals surface area contributed by atoms with Crippen LogP contribution in [0.1, 0.15) is 34.5 Å². The molecule has 0 saturated carbocycles. The number of aromatic amines is 1. The Morgan fingerprint density at radius 3 is 2.50 bits per heavy atom. The molecule has 0 spiro atoms. The van der Waals surface area contributed by atoms with Gasteiger partial charge >= 0.3 is 0 Å². The van der Waals surface area contributed by atoms with E-state index in [-0.39, 0.29) is 5.91 Å². The van der Waals surface area contributed by atoms with Crippen molar-refractivity contribution in [2.45, 2.75) is 40.2 Å². The molecular formula is C16H21N3O. The normalized spacial score (nSPS) is 10.6. The van der Waals surface area contributed by atoms with E-state index >= 15 is 0 Å². The van der Waals surface area contributed by atoms with Crippen LogP contribution >= 0.6 is 0 Å². The van der Waals surface area contributed by atoms with Crippen molar-refractivity contribution in [3.8, 4) is 0 Å². The molecule has 0 atom stereocenters. The summed E-state index contributed by atoms with van der Waals surface area (Å²) in [5.41, 5.74) is 5.53. The first kappa shape index (κ1) is 14.3. The number of aromatic nitrogens is 2. The van der Waals surface area contributed by atoms with Crippen LogP contribution in [0.5, 0.6) is 0 Å². The van der Waals surface area contributed by atoms with E-state index in [4.69, 9.17) is 0 Å². The fourth-order valence-electron chi connectivity index (χ4n) is 2.18. The molecule has 0 aliphatic carbocycles.